The molecule has 29 heavy (non-hydrogen) atoms. The highest BCUT2D eigenvalue weighted by Crippen LogP contribution is 2.44. The van der Waals surface area contributed by atoms with Gasteiger partial charge in [0.1, 0.15) is 0 Å². The first-order valence-corrected chi connectivity index (χ1v) is 9.51. The summed E-state index contributed by atoms with van der Waals surface area (Å²) < 4.78 is 41.1. The van der Waals surface area contributed by atoms with Crippen LogP contribution in [0, 0.1) is 0 Å². The van der Waals surface area contributed by atoms with Crippen molar-refractivity contribution in [3.8, 4) is 0 Å². The number of rotatable bonds is 6. The van der Waals surface area contributed by atoms with Crippen molar-refractivity contribution in [3.63, 3.8) is 0 Å². The van der Waals surface area contributed by atoms with Gasteiger partial charge in [-0.15, -0.1) is 24.0 Å². The molecule has 160 valence electrons. The third-order valence-corrected chi connectivity index (χ3v) is 5.37. The van der Waals surface area contributed by atoms with E-state index in [-0.39, 0.29) is 29.4 Å². The van der Waals surface area contributed by atoms with E-state index in [1.54, 1.807) is 16.9 Å². The van der Waals surface area contributed by atoms with E-state index in [2.05, 4.69) is 20.7 Å². The summed E-state index contributed by atoms with van der Waals surface area (Å²) in [5.41, 5.74) is 0.842. The van der Waals surface area contributed by atoms with E-state index in [0.717, 1.165) is 36.6 Å². The van der Waals surface area contributed by atoms with Gasteiger partial charge in [0.25, 0.3) is 0 Å². The number of hydrogen-bond acceptors (Lipinski definition) is 2. The second-order valence-electron chi connectivity index (χ2n) is 7.21. The third kappa shape index (κ3) is 5.64. The predicted octanol–water partition coefficient (Wildman–Crippen LogP) is 4.23. The highest BCUT2D eigenvalue weighted by Gasteiger charge is 2.40. The van der Waals surface area contributed by atoms with E-state index in [1.165, 1.54) is 12.1 Å². The van der Waals surface area contributed by atoms with E-state index in [4.69, 9.17) is 0 Å². The van der Waals surface area contributed by atoms with Crippen LogP contribution in [-0.4, -0.2) is 28.8 Å². The smallest absolute Gasteiger partial charge is 0.357 e. The number of nitrogens with zero attached hydrogens (tertiary/aromatic N) is 3. The molecule has 0 atom stereocenters. The topological polar surface area (TPSA) is 54.2 Å². The minimum atomic E-state index is -4.33. The Morgan fingerprint density at radius 2 is 2.00 bits per heavy atom. The van der Waals surface area contributed by atoms with Crippen LogP contribution in [0.1, 0.15) is 43.0 Å². The van der Waals surface area contributed by atoms with E-state index in [0.29, 0.717) is 25.6 Å². The Morgan fingerprint density at radius 1 is 1.24 bits per heavy atom. The number of aromatic nitrogens is 2. The number of aliphatic imine (C=N–C) groups is 1. The summed E-state index contributed by atoms with van der Waals surface area (Å²) in [7, 11) is 1.86. The molecule has 1 aromatic heterocycles. The molecule has 1 aliphatic carbocycles. The van der Waals surface area contributed by atoms with Crippen LogP contribution in [0.3, 0.4) is 0 Å². The maximum atomic E-state index is 13.1. The van der Waals surface area contributed by atoms with Crippen molar-refractivity contribution < 1.29 is 13.2 Å². The highest BCUT2D eigenvalue weighted by atomic mass is 127. The molecule has 0 saturated heterocycles. The third-order valence-electron chi connectivity index (χ3n) is 5.37. The Labute approximate surface area is 186 Å². The van der Waals surface area contributed by atoms with Crippen molar-refractivity contribution in [2.75, 3.05) is 13.1 Å². The Balaban J connectivity index is 0.00000300. The number of guanidine groups is 1. The van der Waals surface area contributed by atoms with Crippen molar-refractivity contribution in [2.45, 2.75) is 44.3 Å². The normalized spacial score (nSPS) is 16.0. The predicted molar refractivity (Wildman–Crippen MR) is 118 cm³/mol. The lowest BCUT2D eigenvalue weighted by Crippen LogP contribution is -2.49. The summed E-state index contributed by atoms with van der Waals surface area (Å²) in [6.07, 6.45) is 0.140. The molecule has 0 aliphatic heterocycles. The molecule has 0 radical (unpaired) electrons. The number of halogens is 4. The summed E-state index contributed by atoms with van der Waals surface area (Å²) in [5.74, 6) is 0.655. The van der Waals surface area contributed by atoms with Crippen LogP contribution < -0.4 is 10.6 Å². The second-order valence-corrected chi connectivity index (χ2v) is 7.21. The standard InChI is InChI=1S/C20H26F3N5.HI/c1-3-24-18(25-13-17-8-11-27-28(17)2)26-14-19(9-5-10-19)15-6-4-7-16(12-15)20(21,22)23;/h4,6-8,11-12H,3,5,9-10,13-14H2,1-2H3,(H2,24,25,26);1H. The fraction of sp³-hybridized carbons (Fsp3) is 0.500. The Bertz CT molecular complexity index is 828. The molecule has 2 aromatic rings. The minimum Gasteiger partial charge on any atom is -0.357 e. The van der Waals surface area contributed by atoms with Gasteiger partial charge in [-0.25, -0.2) is 4.99 Å². The Hall–Kier alpha value is -1.78. The Kier molecular flexibility index (Phi) is 7.95. The molecule has 2 N–H and O–H groups in total. The lowest BCUT2D eigenvalue weighted by atomic mass is 9.64. The first-order chi connectivity index (χ1) is 13.3. The molecule has 5 nitrogen and oxygen atoms in total. The van der Waals surface area contributed by atoms with Gasteiger partial charge in [-0.05, 0) is 37.5 Å². The first kappa shape index (κ1) is 23.5. The van der Waals surface area contributed by atoms with Gasteiger partial charge in [-0.1, -0.05) is 24.6 Å². The van der Waals surface area contributed by atoms with Crippen LogP contribution in [0.25, 0.3) is 0 Å². The monoisotopic (exact) mass is 521 g/mol. The van der Waals surface area contributed by atoms with Crippen molar-refractivity contribution in [2.24, 2.45) is 12.0 Å². The van der Waals surface area contributed by atoms with Crippen LogP contribution in [0.5, 0.6) is 0 Å². The molecular weight excluding hydrogens is 494 g/mol. The maximum absolute atomic E-state index is 13.1. The Morgan fingerprint density at radius 3 is 2.55 bits per heavy atom. The van der Waals surface area contributed by atoms with Gasteiger partial charge >= 0.3 is 6.18 Å². The van der Waals surface area contributed by atoms with Gasteiger partial charge in [0.2, 0.25) is 0 Å². The molecule has 1 heterocycles. The first-order valence-electron chi connectivity index (χ1n) is 9.51. The average molecular weight is 521 g/mol. The van der Waals surface area contributed by atoms with Crippen molar-refractivity contribution in [3.05, 3.63) is 53.3 Å². The summed E-state index contributed by atoms with van der Waals surface area (Å²) >= 11 is 0. The quantitative estimate of drug-likeness (QED) is 0.340. The molecule has 1 saturated carbocycles. The number of nitrogens with one attached hydrogen (secondary N) is 2. The summed E-state index contributed by atoms with van der Waals surface area (Å²) in [4.78, 5) is 4.58. The van der Waals surface area contributed by atoms with Crippen LogP contribution in [-0.2, 0) is 25.2 Å². The maximum Gasteiger partial charge on any atom is 0.416 e. The number of alkyl halides is 3. The molecule has 0 spiro atoms. The molecule has 1 fully saturated rings. The van der Waals surface area contributed by atoms with Gasteiger partial charge < -0.3 is 10.6 Å². The van der Waals surface area contributed by atoms with E-state index in [1.807, 2.05) is 20.0 Å². The van der Waals surface area contributed by atoms with Gasteiger partial charge in [0, 0.05) is 31.7 Å². The number of aryl methyl sites for hydroxylation is 1. The largest absolute Gasteiger partial charge is 0.416 e. The molecular formula is C20H27F3IN5. The fourth-order valence-corrected chi connectivity index (χ4v) is 3.51. The highest BCUT2D eigenvalue weighted by molar-refractivity contribution is 14.0. The molecule has 0 unspecified atom stereocenters. The SMILES string of the molecule is CCNC(=NCc1ccnn1C)NCC1(c2cccc(C(F)(F)F)c2)CCC1.I. The van der Waals surface area contributed by atoms with E-state index in [9.17, 15) is 13.2 Å². The lowest BCUT2D eigenvalue weighted by Gasteiger charge is -2.43. The van der Waals surface area contributed by atoms with Crippen LogP contribution >= 0.6 is 24.0 Å². The molecule has 1 aromatic carbocycles. The van der Waals surface area contributed by atoms with Crippen molar-refractivity contribution >= 4 is 29.9 Å². The zero-order valence-electron chi connectivity index (χ0n) is 16.6. The molecule has 9 heteroatoms. The van der Waals surface area contributed by atoms with Gasteiger partial charge in [-0.2, -0.15) is 18.3 Å². The van der Waals surface area contributed by atoms with Crippen LogP contribution in [0.15, 0.2) is 41.5 Å². The van der Waals surface area contributed by atoms with Gasteiger partial charge in [0.05, 0.1) is 17.8 Å². The van der Waals surface area contributed by atoms with E-state index < -0.39 is 11.7 Å². The fourth-order valence-electron chi connectivity index (χ4n) is 3.51. The number of hydrogen-bond donors (Lipinski definition) is 2. The molecule has 3 rings (SSSR count). The van der Waals surface area contributed by atoms with Crippen LogP contribution in [0.4, 0.5) is 13.2 Å². The number of benzene rings is 1. The lowest BCUT2D eigenvalue weighted by molar-refractivity contribution is -0.137. The van der Waals surface area contributed by atoms with E-state index >= 15 is 0 Å². The summed E-state index contributed by atoms with van der Waals surface area (Å²) in [5, 5.41) is 10.7. The van der Waals surface area contributed by atoms with Crippen molar-refractivity contribution in [1.82, 2.24) is 20.4 Å². The minimum absolute atomic E-state index is 0. The van der Waals surface area contributed by atoms with Crippen molar-refractivity contribution in [1.29, 1.82) is 0 Å². The molecule has 0 bridgehead atoms. The second kappa shape index (κ2) is 9.82. The molecule has 0 amide bonds. The summed E-state index contributed by atoms with van der Waals surface area (Å²) in [6, 6.07) is 7.63. The zero-order chi connectivity index (χ0) is 20.2. The molecule has 1 aliphatic rings. The van der Waals surface area contributed by atoms with Crippen LogP contribution in [0.2, 0.25) is 0 Å². The summed E-state index contributed by atoms with van der Waals surface area (Å²) in [6.45, 7) is 3.70. The zero-order valence-corrected chi connectivity index (χ0v) is 18.9. The van der Waals surface area contributed by atoms with Gasteiger partial charge in [0.15, 0.2) is 5.96 Å². The average Bonchev–Trinajstić information content (AvgIpc) is 3.03. The van der Waals surface area contributed by atoms with Gasteiger partial charge in [-0.3, -0.25) is 4.68 Å².